The van der Waals surface area contributed by atoms with E-state index >= 15 is 4.39 Å². The maximum Gasteiger partial charge on any atom is 0.280 e. The van der Waals surface area contributed by atoms with Gasteiger partial charge in [0.1, 0.15) is 17.1 Å². The van der Waals surface area contributed by atoms with E-state index in [0.717, 1.165) is 5.56 Å². The number of aromatic nitrogens is 5. The van der Waals surface area contributed by atoms with Gasteiger partial charge in [-0.3, -0.25) is 24.6 Å². The number of nitrogens with one attached hydrogen (secondary N) is 2. The average molecular weight is 699 g/mol. The third kappa shape index (κ3) is 7.06. The van der Waals surface area contributed by atoms with Crippen LogP contribution < -0.4 is 5.32 Å². The first-order valence-corrected chi connectivity index (χ1v) is 16.8. The molecule has 1 atom stereocenters. The van der Waals surface area contributed by atoms with Crippen LogP contribution in [0.3, 0.4) is 0 Å². The van der Waals surface area contributed by atoms with Gasteiger partial charge in [-0.15, -0.1) is 0 Å². The molecule has 2 amide bonds. The van der Waals surface area contributed by atoms with Crippen molar-refractivity contribution in [3.8, 4) is 22.6 Å². The number of methoxy groups -OCH3 is 1. The number of carbonyl (C=O) groups is 2. The highest BCUT2D eigenvalue weighted by atomic mass is 19.3. The van der Waals surface area contributed by atoms with Gasteiger partial charge in [0.2, 0.25) is 11.8 Å². The van der Waals surface area contributed by atoms with Crippen LogP contribution in [0.1, 0.15) is 36.9 Å². The summed E-state index contributed by atoms with van der Waals surface area (Å²) in [4.78, 5) is 43.1. The van der Waals surface area contributed by atoms with Gasteiger partial charge in [-0.25, -0.2) is 23.1 Å². The zero-order valence-corrected chi connectivity index (χ0v) is 28.0. The minimum Gasteiger partial charge on any atom is -0.384 e. The molecule has 0 spiro atoms. The number of benzene rings is 2. The molecule has 3 aromatic heterocycles. The van der Waals surface area contributed by atoms with Gasteiger partial charge in [0.05, 0.1) is 24.1 Å². The molecule has 5 aromatic rings. The zero-order valence-electron chi connectivity index (χ0n) is 28.0. The second-order valence-corrected chi connectivity index (χ2v) is 13.2. The highest BCUT2D eigenvalue weighted by molar-refractivity contribution is 6.00. The van der Waals surface area contributed by atoms with Crippen molar-refractivity contribution < 1.29 is 27.5 Å². The summed E-state index contributed by atoms with van der Waals surface area (Å²) in [7, 11) is 1.54. The molecule has 2 saturated heterocycles. The lowest BCUT2D eigenvalue weighted by atomic mass is 9.85. The Kier molecular flexibility index (Phi) is 9.53. The van der Waals surface area contributed by atoms with E-state index in [1.807, 2.05) is 17.0 Å². The largest absolute Gasteiger partial charge is 0.384 e. The molecule has 0 aliphatic carbocycles. The van der Waals surface area contributed by atoms with E-state index in [1.54, 1.807) is 59.8 Å². The monoisotopic (exact) mass is 698 g/mol. The Morgan fingerprint density at radius 1 is 0.941 bits per heavy atom. The first-order valence-electron chi connectivity index (χ1n) is 16.8. The lowest BCUT2D eigenvalue weighted by Gasteiger charge is -2.37. The molecule has 2 aliphatic heterocycles. The normalized spacial score (nSPS) is 19.1. The Bertz CT molecular complexity index is 2020. The predicted octanol–water partition coefficient (Wildman–Crippen LogP) is 5.78. The van der Waals surface area contributed by atoms with E-state index in [0.29, 0.717) is 58.7 Å². The number of carbonyl (C=O) groups excluding carboxylic acids is 2. The highest BCUT2D eigenvalue weighted by Crippen LogP contribution is 2.38. The molecule has 264 valence electrons. The molecule has 7 rings (SSSR count). The van der Waals surface area contributed by atoms with Crippen molar-refractivity contribution in [3.05, 3.63) is 90.5 Å². The summed E-state index contributed by atoms with van der Waals surface area (Å²) in [6.07, 6.45) is 2.77. The van der Waals surface area contributed by atoms with Gasteiger partial charge in [-0.2, -0.15) is 5.10 Å². The number of rotatable bonds is 10. The van der Waals surface area contributed by atoms with Crippen molar-refractivity contribution in [2.24, 2.45) is 5.41 Å². The number of H-pyrrole nitrogens is 1. The molecule has 11 nitrogen and oxygen atoms in total. The van der Waals surface area contributed by atoms with E-state index in [9.17, 15) is 18.4 Å². The smallest absolute Gasteiger partial charge is 0.280 e. The van der Waals surface area contributed by atoms with Crippen LogP contribution >= 0.6 is 0 Å². The van der Waals surface area contributed by atoms with E-state index in [1.165, 1.54) is 19.4 Å². The van der Waals surface area contributed by atoms with Gasteiger partial charge in [0.25, 0.3) is 6.43 Å². The molecule has 2 N–H and O–H groups in total. The van der Waals surface area contributed by atoms with Crippen molar-refractivity contribution in [2.75, 3.05) is 51.8 Å². The number of piperidine rings is 1. The van der Waals surface area contributed by atoms with Crippen LogP contribution in [0.2, 0.25) is 0 Å². The number of likely N-dealkylation sites (tertiary alicyclic amines) is 2. The maximum absolute atomic E-state index is 16.1. The summed E-state index contributed by atoms with van der Waals surface area (Å²) in [6, 6.07) is 17.1. The number of hydrogen-bond acceptors (Lipinski definition) is 8. The molecule has 0 bridgehead atoms. The van der Waals surface area contributed by atoms with Crippen LogP contribution in [-0.2, 0) is 20.0 Å². The predicted molar refractivity (Wildman–Crippen MR) is 184 cm³/mol. The lowest BCUT2D eigenvalue weighted by molar-refractivity contribution is -0.136. The number of alkyl halides is 3. The van der Waals surface area contributed by atoms with E-state index in [4.69, 9.17) is 4.74 Å². The zero-order chi connectivity index (χ0) is 35.6. The van der Waals surface area contributed by atoms with Crippen LogP contribution in [0.15, 0.2) is 79.3 Å². The number of anilines is 1. The topological polar surface area (TPSA) is 129 Å². The fourth-order valence-electron chi connectivity index (χ4n) is 7.09. The number of aromatic amines is 1. The Hall–Kier alpha value is -5.21. The van der Waals surface area contributed by atoms with E-state index in [-0.39, 0.29) is 56.6 Å². The van der Waals surface area contributed by atoms with E-state index in [2.05, 4.69) is 30.5 Å². The lowest BCUT2D eigenvalue weighted by Crippen LogP contribution is -2.48. The van der Waals surface area contributed by atoms with Crippen molar-refractivity contribution in [2.45, 2.75) is 31.4 Å². The first kappa shape index (κ1) is 34.2. The minimum atomic E-state index is -2.72. The Balaban J connectivity index is 0.972. The van der Waals surface area contributed by atoms with Gasteiger partial charge >= 0.3 is 0 Å². The fraction of sp³-hybridized carbons (Fsp3) is 0.351. The van der Waals surface area contributed by atoms with Crippen molar-refractivity contribution in [3.63, 3.8) is 0 Å². The van der Waals surface area contributed by atoms with E-state index < -0.39 is 17.5 Å². The molecule has 5 heterocycles. The van der Waals surface area contributed by atoms with Crippen molar-refractivity contribution in [1.82, 2.24) is 34.9 Å². The Morgan fingerprint density at radius 3 is 2.43 bits per heavy atom. The number of ether oxygens (including phenoxy) is 1. The minimum absolute atomic E-state index is 0.105. The van der Waals surface area contributed by atoms with Gasteiger partial charge in [0.15, 0.2) is 5.82 Å². The molecule has 0 saturated carbocycles. The summed E-state index contributed by atoms with van der Waals surface area (Å²) >= 11 is 0. The van der Waals surface area contributed by atoms with Gasteiger partial charge < -0.3 is 15.0 Å². The summed E-state index contributed by atoms with van der Waals surface area (Å²) in [6.45, 7) is 1.67. The van der Waals surface area contributed by atoms with Crippen LogP contribution in [-0.4, -0.2) is 93.2 Å². The summed E-state index contributed by atoms with van der Waals surface area (Å²) in [5, 5.41) is 10.9. The molecular weight excluding hydrogens is 661 g/mol. The Morgan fingerprint density at radius 2 is 1.71 bits per heavy atom. The first-order chi connectivity index (χ1) is 24.7. The SMILES string of the molecule is COC[C@@]1(C(=O)Nc2ccc3[nH]nc(-c4ccnc(C(F)F)c4)c3c2)CCN(CC(=O)N2CCC(F)(c3ccc(-c4ncccn4)cc3)CC2)C1. The van der Waals surface area contributed by atoms with Gasteiger partial charge in [-0.1, -0.05) is 24.3 Å². The third-order valence-corrected chi connectivity index (χ3v) is 9.93. The summed E-state index contributed by atoms with van der Waals surface area (Å²) < 4.78 is 48.2. The quantitative estimate of drug-likeness (QED) is 0.188. The van der Waals surface area contributed by atoms with Crippen molar-refractivity contribution >= 4 is 28.4 Å². The molecular formula is C37H37F3N8O3. The molecule has 14 heteroatoms. The fourth-order valence-corrected chi connectivity index (χ4v) is 7.09. The molecule has 0 radical (unpaired) electrons. The number of amides is 2. The van der Waals surface area contributed by atoms with Crippen LogP contribution in [0.4, 0.5) is 18.9 Å². The number of hydrogen-bond donors (Lipinski definition) is 2. The van der Waals surface area contributed by atoms with Crippen molar-refractivity contribution in [1.29, 1.82) is 0 Å². The highest BCUT2D eigenvalue weighted by Gasteiger charge is 2.46. The van der Waals surface area contributed by atoms with Gasteiger partial charge in [0, 0.05) is 80.4 Å². The van der Waals surface area contributed by atoms with Crippen LogP contribution in [0.5, 0.6) is 0 Å². The number of halogens is 3. The maximum atomic E-state index is 16.1. The van der Waals surface area contributed by atoms with Gasteiger partial charge in [-0.05, 0) is 54.9 Å². The third-order valence-electron chi connectivity index (χ3n) is 9.93. The van der Waals surface area contributed by atoms with Crippen LogP contribution in [0, 0.1) is 5.41 Å². The number of pyridine rings is 1. The number of nitrogens with zero attached hydrogens (tertiary/aromatic N) is 6. The van der Waals surface area contributed by atoms with Crippen LogP contribution in [0.25, 0.3) is 33.5 Å². The molecule has 51 heavy (non-hydrogen) atoms. The molecule has 2 aliphatic rings. The molecule has 0 unspecified atom stereocenters. The Labute approximate surface area is 292 Å². The second-order valence-electron chi connectivity index (χ2n) is 13.2. The standard InChI is InChI=1S/C37H37F3N8O3/c1-51-23-36(35(50)44-27-7-8-29-28(20-27)32(46-45-29)25-9-15-41-30(19-25)33(38)39)10-16-47(22-36)21-31(49)48-17-11-37(40,12-18-48)26-5-3-24(4-6-26)34-42-13-2-14-43-34/h2-9,13-15,19-20,33H,10-12,16-18,21-23H2,1H3,(H,44,50)(H,45,46)/t36-/m1/s1. The number of fused-ring (bicyclic) bond motifs is 1. The summed E-state index contributed by atoms with van der Waals surface area (Å²) in [5.74, 6) is 0.218. The summed E-state index contributed by atoms with van der Waals surface area (Å²) in [5.41, 5.74) is 0.696. The second kappa shape index (κ2) is 14.2. The molecule has 2 aromatic carbocycles. The average Bonchev–Trinajstić information content (AvgIpc) is 3.77. The molecule has 2 fully saturated rings.